The van der Waals surface area contributed by atoms with Gasteiger partial charge in [-0.2, -0.15) is 4.31 Å². The summed E-state index contributed by atoms with van der Waals surface area (Å²) in [6.07, 6.45) is 4.92. The Bertz CT molecular complexity index is 778. The summed E-state index contributed by atoms with van der Waals surface area (Å²) in [5.41, 5.74) is 0.397. The van der Waals surface area contributed by atoms with Gasteiger partial charge in [-0.25, -0.2) is 8.42 Å². The van der Waals surface area contributed by atoms with Crippen LogP contribution < -0.4 is 0 Å². The van der Waals surface area contributed by atoms with Crippen LogP contribution in [0.15, 0.2) is 23.1 Å². The van der Waals surface area contributed by atoms with E-state index in [0.717, 1.165) is 32.1 Å². The van der Waals surface area contributed by atoms with Crippen LogP contribution >= 0.6 is 11.6 Å². The number of likely N-dealkylation sites (tertiary alicyclic amines) is 1. The molecule has 150 valence electrons. The summed E-state index contributed by atoms with van der Waals surface area (Å²) >= 11 is 6.25. The van der Waals surface area contributed by atoms with Gasteiger partial charge >= 0.3 is 0 Å². The van der Waals surface area contributed by atoms with E-state index in [0.29, 0.717) is 43.6 Å². The molecule has 2 atom stereocenters. The van der Waals surface area contributed by atoms with Gasteiger partial charge < -0.3 is 4.90 Å². The van der Waals surface area contributed by atoms with Gasteiger partial charge in [-0.05, 0) is 49.3 Å². The number of amides is 1. The first kappa shape index (κ1) is 20.6. The van der Waals surface area contributed by atoms with Gasteiger partial charge in [0.15, 0.2) is 0 Å². The Kier molecular flexibility index (Phi) is 6.49. The number of nitrogens with zero attached hydrogens (tertiary/aromatic N) is 2. The van der Waals surface area contributed by atoms with Crippen molar-refractivity contribution in [3.63, 3.8) is 0 Å². The van der Waals surface area contributed by atoms with Crippen molar-refractivity contribution in [3.05, 3.63) is 28.8 Å². The summed E-state index contributed by atoms with van der Waals surface area (Å²) in [5.74, 6) is 0.785. The molecule has 0 radical (unpaired) electrons. The Balaban J connectivity index is 1.88. The standard InChI is InChI=1S/C20H29ClN2O3S/c1-15-11-16(2)14-22(13-15)20(24)17-7-8-18(21)19(12-17)27(25,26)23-9-5-3-4-6-10-23/h7-8,12,15-16H,3-6,9-11,13-14H2,1-2H3. The molecule has 0 N–H and O–H groups in total. The van der Waals surface area contributed by atoms with Crippen LogP contribution in [-0.2, 0) is 10.0 Å². The van der Waals surface area contributed by atoms with Gasteiger partial charge in [-0.1, -0.05) is 38.3 Å². The van der Waals surface area contributed by atoms with Crippen molar-refractivity contribution in [3.8, 4) is 0 Å². The lowest BCUT2D eigenvalue weighted by Crippen LogP contribution is -2.42. The predicted molar refractivity (Wildman–Crippen MR) is 108 cm³/mol. The van der Waals surface area contributed by atoms with Gasteiger partial charge in [-0.3, -0.25) is 4.79 Å². The maximum atomic E-state index is 13.1. The van der Waals surface area contributed by atoms with E-state index in [1.54, 1.807) is 6.07 Å². The number of benzene rings is 1. The Morgan fingerprint density at radius 1 is 1.04 bits per heavy atom. The highest BCUT2D eigenvalue weighted by molar-refractivity contribution is 7.89. The largest absolute Gasteiger partial charge is 0.338 e. The first-order chi connectivity index (χ1) is 12.8. The van der Waals surface area contributed by atoms with Gasteiger partial charge in [0.2, 0.25) is 10.0 Å². The highest BCUT2D eigenvalue weighted by atomic mass is 35.5. The summed E-state index contributed by atoms with van der Waals surface area (Å²) in [4.78, 5) is 14.9. The van der Waals surface area contributed by atoms with Crippen LogP contribution in [0, 0.1) is 11.8 Å². The number of carbonyl (C=O) groups is 1. The van der Waals surface area contributed by atoms with Crippen molar-refractivity contribution in [1.29, 1.82) is 0 Å². The fourth-order valence-corrected chi connectivity index (χ4v) is 6.28. The molecule has 2 fully saturated rings. The summed E-state index contributed by atoms with van der Waals surface area (Å²) in [6.45, 7) is 6.73. The van der Waals surface area contributed by atoms with Crippen molar-refractivity contribution < 1.29 is 13.2 Å². The second-order valence-electron chi connectivity index (χ2n) is 8.12. The van der Waals surface area contributed by atoms with Crippen molar-refractivity contribution in [2.75, 3.05) is 26.2 Å². The van der Waals surface area contributed by atoms with Crippen LogP contribution in [0.4, 0.5) is 0 Å². The lowest BCUT2D eigenvalue weighted by molar-refractivity contribution is 0.0623. The molecule has 2 saturated heterocycles. The number of piperidine rings is 1. The Labute approximate surface area is 167 Å². The zero-order valence-electron chi connectivity index (χ0n) is 16.2. The summed E-state index contributed by atoms with van der Waals surface area (Å²) in [6, 6.07) is 4.64. The molecule has 0 aliphatic carbocycles. The summed E-state index contributed by atoms with van der Waals surface area (Å²) in [7, 11) is -3.69. The second kappa shape index (κ2) is 8.50. The zero-order valence-corrected chi connectivity index (χ0v) is 17.7. The SMILES string of the molecule is CC1CC(C)CN(C(=O)c2ccc(Cl)c(S(=O)(=O)N3CCCCCC3)c2)C1. The average Bonchev–Trinajstić information content (AvgIpc) is 2.90. The van der Waals surface area contributed by atoms with Crippen molar-refractivity contribution in [2.24, 2.45) is 11.8 Å². The lowest BCUT2D eigenvalue weighted by Gasteiger charge is -2.35. The smallest absolute Gasteiger partial charge is 0.253 e. The maximum Gasteiger partial charge on any atom is 0.253 e. The Hall–Kier alpha value is -1.11. The van der Waals surface area contributed by atoms with Gasteiger partial charge in [0.1, 0.15) is 4.90 Å². The summed E-state index contributed by atoms with van der Waals surface area (Å²) in [5, 5.41) is 0.177. The second-order valence-corrected chi connectivity index (χ2v) is 10.4. The van der Waals surface area contributed by atoms with Crippen LogP contribution in [0.5, 0.6) is 0 Å². The number of halogens is 1. The van der Waals surface area contributed by atoms with Crippen LogP contribution in [0.1, 0.15) is 56.3 Å². The molecule has 0 aromatic heterocycles. The highest BCUT2D eigenvalue weighted by Gasteiger charge is 2.30. The fraction of sp³-hybridized carbons (Fsp3) is 0.650. The van der Waals surface area contributed by atoms with Crippen LogP contribution in [0.3, 0.4) is 0 Å². The van der Waals surface area contributed by atoms with E-state index < -0.39 is 10.0 Å². The first-order valence-corrected chi connectivity index (χ1v) is 11.7. The molecule has 2 aliphatic rings. The number of hydrogen-bond donors (Lipinski definition) is 0. The van der Waals surface area contributed by atoms with Crippen molar-refractivity contribution in [1.82, 2.24) is 9.21 Å². The summed E-state index contributed by atoms with van der Waals surface area (Å²) < 4.78 is 27.8. The third kappa shape index (κ3) is 4.66. The number of hydrogen-bond acceptors (Lipinski definition) is 3. The van der Waals surface area contributed by atoms with E-state index in [1.807, 2.05) is 4.90 Å². The molecule has 27 heavy (non-hydrogen) atoms. The minimum absolute atomic E-state index is 0.0509. The normalized spacial score (nSPS) is 25.2. The molecule has 2 unspecified atom stereocenters. The molecular formula is C20H29ClN2O3S. The van der Waals surface area contributed by atoms with E-state index in [9.17, 15) is 13.2 Å². The van der Waals surface area contributed by atoms with Crippen LogP contribution in [0.2, 0.25) is 5.02 Å². The van der Waals surface area contributed by atoms with Crippen LogP contribution in [0.25, 0.3) is 0 Å². The molecule has 0 bridgehead atoms. The third-order valence-corrected chi connectivity index (χ3v) is 7.90. The molecule has 2 heterocycles. The van der Waals surface area contributed by atoms with Crippen molar-refractivity contribution in [2.45, 2.75) is 50.8 Å². The maximum absolute atomic E-state index is 13.1. The first-order valence-electron chi connectivity index (χ1n) is 9.88. The predicted octanol–water partition coefficient (Wildman–Crippen LogP) is 4.02. The molecule has 5 nitrogen and oxygen atoms in total. The fourth-order valence-electron chi connectivity index (χ4n) is 4.27. The van der Waals surface area contributed by atoms with E-state index >= 15 is 0 Å². The zero-order chi connectivity index (χ0) is 19.6. The third-order valence-electron chi connectivity index (χ3n) is 5.52. The van der Waals surface area contributed by atoms with Gasteiger partial charge in [0.05, 0.1) is 5.02 Å². The Morgan fingerprint density at radius 2 is 1.63 bits per heavy atom. The number of sulfonamides is 1. The monoisotopic (exact) mass is 412 g/mol. The van der Waals surface area contributed by atoms with E-state index in [2.05, 4.69) is 13.8 Å². The number of rotatable bonds is 3. The number of carbonyl (C=O) groups excluding carboxylic acids is 1. The minimum atomic E-state index is -3.69. The van der Waals surface area contributed by atoms with E-state index in [4.69, 9.17) is 11.6 Å². The lowest BCUT2D eigenvalue weighted by atomic mass is 9.91. The van der Waals surface area contributed by atoms with Gasteiger partial charge in [-0.15, -0.1) is 0 Å². The quantitative estimate of drug-likeness (QED) is 0.753. The minimum Gasteiger partial charge on any atom is -0.338 e. The molecule has 1 aromatic rings. The average molecular weight is 413 g/mol. The molecular weight excluding hydrogens is 384 g/mol. The molecule has 0 saturated carbocycles. The Morgan fingerprint density at radius 3 is 2.22 bits per heavy atom. The van der Waals surface area contributed by atoms with Crippen molar-refractivity contribution >= 4 is 27.5 Å². The van der Waals surface area contributed by atoms with Gasteiger partial charge in [0, 0.05) is 31.7 Å². The van der Waals surface area contributed by atoms with E-state index in [-0.39, 0.29) is 15.8 Å². The molecule has 1 aromatic carbocycles. The topological polar surface area (TPSA) is 57.7 Å². The molecule has 7 heteroatoms. The molecule has 1 amide bonds. The highest BCUT2D eigenvalue weighted by Crippen LogP contribution is 2.29. The van der Waals surface area contributed by atoms with Gasteiger partial charge in [0.25, 0.3) is 5.91 Å². The molecule has 2 aliphatic heterocycles. The molecule has 0 spiro atoms. The molecule has 3 rings (SSSR count). The van der Waals surface area contributed by atoms with Crippen LogP contribution in [-0.4, -0.2) is 49.7 Å². The van der Waals surface area contributed by atoms with E-state index in [1.165, 1.54) is 16.4 Å².